The molecular formula is C28H21F3N4O3S. The van der Waals surface area contributed by atoms with Crippen LogP contribution in [0, 0.1) is 0 Å². The first-order valence-electron chi connectivity index (χ1n) is 11.6. The molecule has 6 aromatic rings. The van der Waals surface area contributed by atoms with Gasteiger partial charge in [0, 0.05) is 39.3 Å². The number of anilines is 2. The molecule has 0 aliphatic carbocycles. The van der Waals surface area contributed by atoms with Crippen molar-refractivity contribution in [2.45, 2.75) is 5.51 Å². The summed E-state index contributed by atoms with van der Waals surface area (Å²) in [4.78, 5) is 5.10. The highest BCUT2D eigenvalue weighted by Gasteiger charge is 2.37. The Morgan fingerprint density at radius 1 is 0.795 bits per heavy atom. The van der Waals surface area contributed by atoms with Crippen LogP contribution >= 0.6 is 0 Å². The third-order valence-electron chi connectivity index (χ3n) is 6.35. The van der Waals surface area contributed by atoms with Crippen molar-refractivity contribution in [2.75, 3.05) is 11.5 Å². The molecule has 2 aromatic heterocycles. The van der Waals surface area contributed by atoms with Gasteiger partial charge in [0.15, 0.2) is 10.1 Å². The van der Waals surface area contributed by atoms with Gasteiger partial charge in [-0.1, -0.05) is 48.5 Å². The topological polar surface area (TPSA) is 126 Å². The molecule has 2 heterocycles. The minimum Gasteiger partial charge on any atom is -0.741 e. The highest BCUT2D eigenvalue weighted by molar-refractivity contribution is 7.86. The molecular weight excluding hydrogens is 529 g/mol. The van der Waals surface area contributed by atoms with E-state index in [4.69, 9.17) is 29.4 Å². The Balaban J connectivity index is 0.000000339. The number of aromatic nitrogens is 2. The van der Waals surface area contributed by atoms with Gasteiger partial charge in [0.2, 0.25) is 11.2 Å². The molecule has 0 radical (unpaired) electrons. The summed E-state index contributed by atoms with van der Waals surface area (Å²) in [5.74, 6) is 0. The summed E-state index contributed by atoms with van der Waals surface area (Å²) in [6.07, 6.45) is 0. The van der Waals surface area contributed by atoms with Gasteiger partial charge < -0.3 is 16.0 Å². The van der Waals surface area contributed by atoms with E-state index in [0.717, 1.165) is 60.8 Å². The molecule has 6 rings (SSSR count). The monoisotopic (exact) mass is 550 g/mol. The van der Waals surface area contributed by atoms with Gasteiger partial charge in [-0.3, -0.25) is 0 Å². The molecule has 0 aliphatic heterocycles. The molecule has 39 heavy (non-hydrogen) atoms. The van der Waals surface area contributed by atoms with Gasteiger partial charge in [-0.15, -0.1) is 0 Å². The summed E-state index contributed by atoms with van der Waals surface area (Å²) in [6, 6.07) is 28.8. The first kappa shape index (κ1) is 26.1. The summed E-state index contributed by atoms with van der Waals surface area (Å²) < 4.78 is 61.1. The van der Waals surface area contributed by atoms with Crippen molar-refractivity contribution < 1.29 is 30.7 Å². The summed E-state index contributed by atoms with van der Waals surface area (Å²) in [7, 11) is -4.00. The molecule has 0 unspecified atom stereocenters. The van der Waals surface area contributed by atoms with Crippen LogP contribution in [0.4, 0.5) is 24.5 Å². The van der Waals surface area contributed by atoms with Crippen molar-refractivity contribution in [1.29, 1.82) is 0 Å². The minimum absolute atomic E-state index is 0.703. The van der Waals surface area contributed by atoms with Crippen LogP contribution in [0.2, 0.25) is 0 Å². The maximum atomic E-state index is 10.7. The molecule has 0 aliphatic rings. The number of rotatable bonds is 2. The first-order valence-corrected chi connectivity index (χ1v) is 13.0. The van der Waals surface area contributed by atoms with E-state index in [1.165, 1.54) is 0 Å². The quantitative estimate of drug-likeness (QED) is 0.0984. The van der Waals surface area contributed by atoms with Crippen LogP contribution in [0.15, 0.2) is 84.9 Å². The maximum Gasteiger partial charge on any atom is 0.485 e. The second-order valence-electron chi connectivity index (χ2n) is 8.93. The zero-order valence-corrected chi connectivity index (χ0v) is 21.2. The van der Waals surface area contributed by atoms with E-state index < -0.39 is 15.6 Å². The number of nitrogen functional groups attached to an aromatic ring is 2. The maximum absolute atomic E-state index is 10.7. The number of nitrogens with two attached hydrogens (primary N) is 2. The van der Waals surface area contributed by atoms with Crippen LogP contribution < -0.4 is 16.0 Å². The molecule has 4 N–H and O–H groups in total. The number of hydrogen-bond donors (Lipinski definition) is 2. The van der Waals surface area contributed by atoms with Crippen LogP contribution in [-0.2, 0) is 17.2 Å². The number of pyridine rings is 2. The van der Waals surface area contributed by atoms with Gasteiger partial charge in [0.25, 0.3) is 0 Å². The van der Waals surface area contributed by atoms with Crippen LogP contribution in [0.5, 0.6) is 0 Å². The fourth-order valence-corrected chi connectivity index (χ4v) is 4.79. The molecule has 0 atom stereocenters. The summed E-state index contributed by atoms with van der Waals surface area (Å²) in [5.41, 5.74) is 14.7. The average molecular weight is 551 g/mol. The Kier molecular flexibility index (Phi) is 6.28. The van der Waals surface area contributed by atoms with Crippen LogP contribution in [-0.4, -0.2) is 23.5 Å². The van der Waals surface area contributed by atoms with Crippen molar-refractivity contribution >= 4 is 54.1 Å². The number of halogens is 3. The number of benzene rings is 4. The number of hydrogen-bond acceptors (Lipinski definition) is 6. The lowest BCUT2D eigenvalue weighted by Gasteiger charge is -2.16. The van der Waals surface area contributed by atoms with Gasteiger partial charge in [-0.25, -0.2) is 13.4 Å². The van der Waals surface area contributed by atoms with Crippen LogP contribution in [0.3, 0.4) is 0 Å². The molecule has 0 amide bonds. The highest BCUT2D eigenvalue weighted by atomic mass is 32.2. The van der Waals surface area contributed by atoms with Gasteiger partial charge in [0.1, 0.15) is 7.05 Å². The minimum atomic E-state index is -6.09. The largest absolute Gasteiger partial charge is 0.741 e. The van der Waals surface area contributed by atoms with E-state index >= 15 is 0 Å². The Labute approximate surface area is 221 Å². The molecule has 4 aromatic carbocycles. The number of alkyl halides is 3. The zero-order chi connectivity index (χ0) is 28.1. The zero-order valence-electron chi connectivity index (χ0n) is 20.4. The molecule has 0 saturated carbocycles. The molecule has 0 fully saturated rings. The van der Waals surface area contributed by atoms with Gasteiger partial charge in [0.05, 0.1) is 22.0 Å². The van der Waals surface area contributed by atoms with Crippen LogP contribution in [0.25, 0.3) is 55.1 Å². The van der Waals surface area contributed by atoms with Gasteiger partial charge in [-0.05, 0) is 30.3 Å². The third kappa shape index (κ3) is 4.66. The number of aryl methyl sites for hydroxylation is 1. The fraction of sp³-hybridized carbons (Fsp3) is 0.0714. The normalized spacial score (nSPS) is 12.1. The number of nitrogens with zero attached hydrogens (tertiary/aromatic N) is 2. The smallest absolute Gasteiger partial charge is 0.485 e. The van der Waals surface area contributed by atoms with E-state index in [9.17, 15) is 13.2 Å². The van der Waals surface area contributed by atoms with E-state index in [1.807, 2.05) is 36.4 Å². The highest BCUT2D eigenvalue weighted by Crippen LogP contribution is 2.41. The van der Waals surface area contributed by atoms with Crippen molar-refractivity contribution in [3.63, 3.8) is 0 Å². The standard InChI is InChI=1S/C27H20N4.CHF3O3S/c1-31-23-15-19(29)12-20-25(23)24-21(27(31)17-10-6-3-7-11-17)13-18(28)14-22(24)30-26(20)16-8-4-2-5-9-16;2-1(3,4)8(5,6)7/h2-15,29H,28H2,1H3;(H,5,6,7). The van der Waals surface area contributed by atoms with E-state index in [0.29, 0.717) is 5.69 Å². The Morgan fingerprint density at radius 3 is 1.87 bits per heavy atom. The lowest BCUT2D eigenvalue weighted by molar-refractivity contribution is -0.632. The van der Waals surface area contributed by atoms with Gasteiger partial charge >= 0.3 is 5.51 Å². The fourth-order valence-electron chi connectivity index (χ4n) is 4.79. The van der Waals surface area contributed by atoms with Gasteiger partial charge in [-0.2, -0.15) is 17.7 Å². The molecule has 7 nitrogen and oxygen atoms in total. The van der Waals surface area contributed by atoms with Crippen molar-refractivity contribution in [2.24, 2.45) is 7.05 Å². The predicted octanol–water partition coefficient (Wildman–Crippen LogP) is 5.35. The second kappa shape index (κ2) is 9.37. The Hall–Kier alpha value is -4.48. The third-order valence-corrected chi connectivity index (χ3v) is 6.91. The summed E-state index contributed by atoms with van der Waals surface area (Å²) >= 11 is 0. The van der Waals surface area contributed by atoms with E-state index in [-0.39, 0.29) is 0 Å². The molecule has 11 heteroatoms. The van der Waals surface area contributed by atoms with Crippen LogP contribution in [0.1, 0.15) is 0 Å². The molecule has 0 bridgehead atoms. The predicted molar refractivity (Wildman–Crippen MR) is 145 cm³/mol. The Bertz CT molecular complexity index is 1950. The average Bonchev–Trinajstić information content (AvgIpc) is 2.87. The van der Waals surface area contributed by atoms with Crippen molar-refractivity contribution in [3.05, 3.63) is 84.9 Å². The summed E-state index contributed by atoms with van der Waals surface area (Å²) in [6.45, 7) is 0. The molecule has 0 saturated heterocycles. The molecule has 198 valence electrons. The van der Waals surface area contributed by atoms with Crippen molar-refractivity contribution in [1.82, 2.24) is 4.98 Å². The lowest BCUT2D eigenvalue weighted by atomic mass is 9.93. The second-order valence-corrected chi connectivity index (χ2v) is 10.3. The Morgan fingerprint density at radius 2 is 1.31 bits per heavy atom. The SMILES string of the molecule is C[n+]1c(-c2ccccc2)c2cc(N)cc3nc(-c4ccccc4)c4cc(N)cc1c4c32.O=S(=O)([O-])C(F)(F)F. The summed E-state index contributed by atoms with van der Waals surface area (Å²) in [5, 5.41) is 4.43. The van der Waals surface area contributed by atoms with E-state index in [1.54, 1.807) is 0 Å². The lowest BCUT2D eigenvalue weighted by Crippen LogP contribution is -2.33. The van der Waals surface area contributed by atoms with Crippen molar-refractivity contribution in [3.8, 4) is 22.5 Å². The first-order chi connectivity index (χ1) is 18.4. The molecule has 0 spiro atoms. The van der Waals surface area contributed by atoms with E-state index in [2.05, 4.69) is 60.1 Å².